The van der Waals surface area contributed by atoms with Gasteiger partial charge in [0.15, 0.2) is 0 Å². The van der Waals surface area contributed by atoms with Crippen molar-refractivity contribution in [3.05, 3.63) is 29.8 Å². The summed E-state index contributed by atoms with van der Waals surface area (Å²) in [5.74, 6) is -0.585. The molecule has 5 nitrogen and oxygen atoms in total. The van der Waals surface area contributed by atoms with Gasteiger partial charge in [0.2, 0.25) is 5.91 Å². The third-order valence-corrected chi connectivity index (χ3v) is 2.85. The minimum atomic E-state index is -0.998. The Labute approximate surface area is 125 Å². The van der Waals surface area contributed by atoms with Crippen molar-refractivity contribution < 1.29 is 19.4 Å². The van der Waals surface area contributed by atoms with Gasteiger partial charge in [0, 0.05) is 0 Å². The fourth-order valence-corrected chi connectivity index (χ4v) is 1.98. The molecule has 0 heterocycles. The molecule has 1 aromatic carbocycles. The number of ether oxygens (including phenoxy) is 1. The van der Waals surface area contributed by atoms with E-state index in [4.69, 9.17) is 9.84 Å². The van der Waals surface area contributed by atoms with Gasteiger partial charge in [-0.3, -0.25) is 4.79 Å². The fraction of sp³-hybridized carbons (Fsp3) is 0.500. The molecule has 0 aliphatic carbocycles. The predicted octanol–water partition coefficient (Wildman–Crippen LogP) is 2.39. The van der Waals surface area contributed by atoms with Gasteiger partial charge in [-0.15, -0.1) is 0 Å². The molecule has 0 aliphatic heterocycles. The van der Waals surface area contributed by atoms with Gasteiger partial charge in [-0.2, -0.15) is 0 Å². The number of rotatable bonds is 8. The molecule has 1 unspecified atom stereocenters. The maximum Gasteiger partial charge on any atom is 0.326 e. The van der Waals surface area contributed by atoms with Crippen molar-refractivity contribution in [1.29, 1.82) is 0 Å². The van der Waals surface area contributed by atoms with Crippen LogP contribution >= 0.6 is 0 Å². The van der Waals surface area contributed by atoms with Gasteiger partial charge in [0.1, 0.15) is 11.8 Å². The summed E-state index contributed by atoms with van der Waals surface area (Å²) in [6.45, 7) is 5.75. The first-order valence-electron chi connectivity index (χ1n) is 7.20. The molecule has 2 N–H and O–H groups in total. The highest BCUT2D eigenvalue weighted by atomic mass is 16.5. The summed E-state index contributed by atoms with van der Waals surface area (Å²) in [6, 6.07) is 6.45. The molecule has 0 aromatic heterocycles. The van der Waals surface area contributed by atoms with Crippen LogP contribution in [-0.4, -0.2) is 29.1 Å². The van der Waals surface area contributed by atoms with Crippen molar-refractivity contribution in [1.82, 2.24) is 5.32 Å². The monoisotopic (exact) mass is 293 g/mol. The number of carbonyl (C=O) groups excluding carboxylic acids is 1. The third kappa shape index (κ3) is 6.29. The molecule has 0 saturated heterocycles. The van der Waals surface area contributed by atoms with Gasteiger partial charge >= 0.3 is 5.97 Å². The maximum absolute atomic E-state index is 11.9. The van der Waals surface area contributed by atoms with Gasteiger partial charge < -0.3 is 15.2 Å². The molecule has 0 bridgehead atoms. The van der Waals surface area contributed by atoms with E-state index in [1.54, 1.807) is 6.07 Å². The molecule has 0 radical (unpaired) electrons. The molecule has 1 aromatic rings. The Hall–Kier alpha value is -2.04. The van der Waals surface area contributed by atoms with Gasteiger partial charge in [0.25, 0.3) is 0 Å². The Morgan fingerprint density at radius 1 is 1.33 bits per heavy atom. The third-order valence-electron chi connectivity index (χ3n) is 2.85. The van der Waals surface area contributed by atoms with Crippen LogP contribution in [0.1, 0.15) is 39.2 Å². The van der Waals surface area contributed by atoms with Crippen LogP contribution in [0.5, 0.6) is 5.75 Å². The van der Waals surface area contributed by atoms with Crippen molar-refractivity contribution >= 4 is 11.9 Å². The van der Waals surface area contributed by atoms with Gasteiger partial charge in [-0.05, 0) is 38.0 Å². The number of carboxylic acid groups (broad SMARTS) is 1. The summed E-state index contributed by atoms with van der Waals surface area (Å²) in [4.78, 5) is 22.9. The summed E-state index contributed by atoms with van der Waals surface area (Å²) in [5, 5.41) is 11.6. The van der Waals surface area contributed by atoms with Crippen molar-refractivity contribution in [3.8, 4) is 5.75 Å². The number of hydrogen-bond acceptors (Lipinski definition) is 3. The van der Waals surface area contributed by atoms with Gasteiger partial charge in [0.05, 0.1) is 12.5 Å². The lowest BCUT2D eigenvalue weighted by molar-refractivity contribution is -0.141. The molecular weight excluding hydrogens is 270 g/mol. The molecule has 0 saturated carbocycles. The second-order valence-corrected chi connectivity index (χ2v) is 5.24. The number of benzene rings is 1. The minimum absolute atomic E-state index is 0.0648. The van der Waals surface area contributed by atoms with Crippen LogP contribution in [0.15, 0.2) is 24.3 Å². The molecule has 21 heavy (non-hydrogen) atoms. The zero-order valence-electron chi connectivity index (χ0n) is 12.8. The highest BCUT2D eigenvalue weighted by Gasteiger charge is 2.18. The lowest BCUT2D eigenvalue weighted by Gasteiger charge is -2.14. The lowest BCUT2D eigenvalue weighted by Crippen LogP contribution is -2.41. The van der Waals surface area contributed by atoms with E-state index in [0.29, 0.717) is 18.6 Å². The first kappa shape index (κ1) is 17.0. The zero-order valence-corrected chi connectivity index (χ0v) is 12.8. The van der Waals surface area contributed by atoms with Crippen LogP contribution in [0.2, 0.25) is 0 Å². The van der Waals surface area contributed by atoms with Crippen molar-refractivity contribution in [3.63, 3.8) is 0 Å². The lowest BCUT2D eigenvalue weighted by atomic mass is 10.1. The molecule has 0 aliphatic rings. The van der Waals surface area contributed by atoms with Crippen LogP contribution in [0.3, 0.4) is 0 Å². The van der Waals surface area contributed by atoms with E-state index in [9.17, 15) is 9.59 Å². The average molecular weight is 293 g/mol. The summed E-state index contributed by atoms with van der Waals surface area (Å²) < 4.78 is 5.57. The largest absolute Gasteiger partial charge is 0.491 e. The summed E-state index contributed by atoms with van der Waals surface area (Å²) in [7, 11) is 0. The van der Waals surface area contributed by atoms with E-state index >= 15 is 0 Å². The number of nitrogens with one attached hydrogen (secondary N) is 1. The van der Waals surface area contributed by atoms with E-state index in [1.807, 2.05) is 39.0 Å². The van der Waals surface area contributed by atoms with Crippen LogP contribution in [0.25, 0.3) is 0 Å². The van der Waals surface area contributed by atoms with Crippen molar-refractivity contribution in [2.75, 3.05) is 0 Å². The van der Waals surface area contributed by atoms with E-state index in [2.05, 4.69) is 5.32 Å². The number of hydrogen-bond donors (Lipinski definition) is 2. The topological polar surface area (TPSA) is 75.6 Å². The number of amides is 1. The Kier molecular flexibility index (Phi) is 6.72. The molecular formula is C16H23NO4. The van der Waals surface area contributed by atoms with E-state index < -0.39 is 12.0 Å². The normalized spacial score (nSPS) is 12.0. The number of aliphatic carboxylic acids is 1. The van der Waals surface area contributed by atoms with Crippen LogP contribution in [0, 0.1) is 0 Å². The van der Waals surface area contributed by atoms with Crippen molar-refractivity contribution in [2.45, 2.75) is 52.2 Å². The summed E-state index contributed by atoms with van der Waals surface area (Å²) in [5.41, 5.74) is 0.797. The molecule has 0 fully saturated rings. The molecule has 0 spiro atoms. The molecule has 5 heteroatoms. The summed E-state index contributed by atoms with van der Waals surface area (Å²) in [6.07, 6.45) is 1.34. The van der Waals surface area contributed by atoms with Crippen LogP contribution in [0.4, 0.5) is 0 Å². The summed E-state index contributed by atoms with van der Waals surface area (Å²) >= 11 is 0. The Morgan fingerprint density at radius 3 is 2.62 bits per heavy atom. The maximum atomic E-state index is 11.9. The highest BCUT2D eigenvalue weighted by Crippen LogP contribution is 2.15. The average Bonchev–Trinajstić information content (AvgIpc) is 2.37. The molecule has 116 valence electrons. The Bertz CT molecular complexity index is 485. The molecule has 1 atom stereocenters. The zero-order chi connectivity index (χ0) is 15.8. The smallest absolute Gasteiger partial charge is 0.326 e. The standard InChI is InChI=1S/C16H23NO4/c1-4-6-14(16(19)20)17-15(18)10-12-7-5-8-13(9-12)21-11(2)3/h5,7-9,11,14H,4,6,10H2,1-3H3,(H,17,18)(H,19,20). The highest BCUT2D eigenvalue weighted by molar-refractivity contribution is 5.84. The Balaban J connectivity index is 2.63. The number of carboxylic acids is 1. The van der Waals surface area contributed by atoms with Gasteiger partial charge in [-0.1, -0.05) is 25.5 Å². The first-order valence-corrected chi connectivity index (χ1v) is 7.20. The number of carbonyl (C=O) groups is 2. The van der Waals surface area contributed by atoms with E-state index in [-0.39, 0.29) is 18.4 Å². The molecule has 1 amide bonds. The van der Waals surface area contributed by atoms with Gasteiger partial charge in [-0.25, -0.2) is 4.79 Å². The SMILES string of the molecule is CCCC(NC(=O)Cc1cccc(OC(C)C)c1)C(=O)O. The second-order valence-electron chi connectivity index (χ2n) is 5.24. The van der Waals surface area contributed by atoms with Crippen molar-refractivity contribution in [2.24, 2.45) is 0 Å². The van der Waals surface area contributed by atoms with Crippen LogP contribution in [-0.2, 0) is 16.0 Å². The quantitative estimate of drug-likeness (QED) is 0.771. The van der Waals surface area contributed by atoms with Crippen LogP contribution < -0.4 is 10.1 Å². The second kappa shape index (κ2) is 8.29. The predicted molar refractivity (Wildman–Crippen MR) is 80.4 cm³/mol. The van der Waals surface area contributed by atoms with E-state index in [1.165, 1.54) is 0 Å². The minimum Gasteiger partial charge on any atom is -0.491 e. The Morgan fingerprint density at radius 2 is 2.05 bits per heavy atom. The first-order chi connectivity index (χ1) is 9.92. The fourth-order valence-electron chi connectivity index (χ4n) is 1.98. The molecule has 1 rings (SSSR count). The van der Waals surface area contributed by atoms with E-state index in [0.717, 1.165) is 5.56 Å².